The van der Waals surface area contributed by atoms with Gasteiger partial charge in [0, 0.05) is 50.3 Å². The Labute approximate surface area is 172 Å². The van der Waals surface area contributed by atoms with Crippen LogP contribution in [0.5, 0.6) is 0 Å². The molecule has 4 rings (SSSR count). The van der Waals surface area contributed by atoms with Gasteiger partial charge in [0.05, 0.1) is 12.8 Å². The molecule has 0 saturated carbocycles. The molecule has 2 aliphatic rings. The Kier molecular flexibility index (Phi) is 5.87. The number of nitrogens with zero attached hydrogens (tertiary/aromatic N) is 3. The maximum atomic E-state index is 12.5. The van der Waals surface area contributed by atoms with Gasteiger partial charge in [0.15, 0.2) is 0 Å². The van der Waals surface area contributed by atoms with Crippen molar-refractivity contribution in [3.8, 4) is 0 Å². The maximum Gasteiger partial charge on any atom is 0.320 e. The molecule has 29 heavy (non-hydrogen) atoms. The van der Waals surface area contributed by atoms with E-state index in [4.69, 9.17) is 4.74 Å². The number of benzene rings is 1. The van der Waals surface area contributed by atoms with Crippen molar-refractivity contribution in [2.75, 3.05) is 31.6 Å². The Morgan fingerprint density at radius 1 is 1.28 bits per heavy atom. The van der Waals surface area contributed by atoms with E-state index in [1.54, 1.807) is 6.20 Å². The summed E-state index contributed by atoms with van der Waals surface area (Å²) < 4.78 is 7.29. The van der Waals surface area contributed by atoms with Crippen LogP contribution in [0.15, 0.2) is 36.5 Å². The largest absolute Gasteiger partial charge is 0.381 e. The standard InChI is InChI=1S/C22H31N5O2/c1-22(2,26-11-8-18-5-3-4-6-19(18)14-26)16-23-21(28)25-20-7-10-24-27(20)13-17-9-12-29-15-17/h3-7,10,17H,8-9,11-16H2,1-2H3,(H2,23,25,28). The first-order chi connectivity index (χ1) is 14.0. The van der Waals surface area contributed by atoms with E-state index in [0.717, 1.165) is 51.5 Å². The van der Waals surface area contributed by atoms with Crippen molar-refractivity contribution in [2.45, 2.75) is 45.3 Å². The lowest BCUT2D eigenvalue weighted by Gasteiger charge is -2.41. The fraction of sp³-hybridized carbons (Fsp3) is 0.545. The first-order valence-corrected chi connectivity index (χ1v) is 10.5. The Morgan fingerprint density at radius 2 is 2.10 bits per heavy atom. The lowest BCUT2D eigenvalue weighted by molar-refractivity contribution is 0.105. The predicted octanol–water partition coefficient (Wildman–Crippen LogP) is 2.88. The van der Waals surface area contributed by atoms with Crippen LogP contribution in [0.25, 0.3) is 0 Å². The van der Waals surface area contributed by atoms with E-state index in [9.17, 15) is 4.79 Å². The third-order valence-corrected chi connectivity index (χ3v) is 6.08. The molecule has 1 aromatic carbocycles. The van der Waals surface area contributed by atoms with Crippen molar-refractivity contribution < 1.29 is 9.53 Å². The SMILES string of the molecule is CC(C)(CNC(=O)Nc1ccnn1CC1CCOC1)N1CCc2ccccc2C1. The van der Waals surface area contributed by atoms with Gasteiger partial charge < -0.3 is 10.1 Å². The number of rotatable bonds is 6. The molecular weight excluding hydrogens is 366 g/mol. The minimum atomic E-state index is -0.195. The third-order valence-electron chi connectivity index (χ3n) is 6.08. The summed E-state index contributed by atoms with van der Waals surface area (Å²) >= 11 is 0. The zero-order valence-electron chi connectivity index (χ0n) is 17.4. The Bertz CT molecular complexity index is 841. The quantitative estimate of drug-likeness (QED) is 0.786. The van der Waals surface area contributed by atoms with Crippen LogP contribution in [0, 0.1) is 5.92 Å². The molecule has 1 atom stereocenters. The molecule has 2 aliphatic heterocycles. The van der Waals surface area contributed by atoms with E-state index in [1.807, 2.05) is 10.7 Å². The highest BCUT2D eigenvalue weighted by Gasteiger charge is 2.30. The summed E-state index contributed by atoms with van der Waals surface area (Å²) in [6.45, 7) is 9.21. The summed E-state index contributed by atoms with van der Waals surface area (Å²) in [6.07, 6.45) is 3.81. The number of hydrogen-bond acceptors (Lipinski definition) is 4. The number of hydrogen-bond donors (Lipinski definition) is 2. The van der Waals surface area contributed by atoms with Gasteiger partial charge in [-0.3, -0.25) is 10.2 Å². The van der Waals surface area contributed by atoms with Gasteiger partial charge in [-0.05, 0) is 37.8 Å². The number of amides is 2. The molecule has 7 heteroatoms. The Morgan fingerprint density at radius 3 is 2.90 bits per heavy atom. The molecule has 2 aromatic rings. The van der Waals surface area contributed by atoms with Gasteiger partial charge in [-0.15, -0.1) is 0 Å². The van der Waals surface area contributed by atoms with Gasteiger partial charge in [0.1, 0.15) is 5.82 Å². The minimum Gasteiger partial charge on any atom is -0.381 e. The number of ether oxygens (including phenoxy) is 1. The van der Waals surface area contributed by atoms with Crippen LogP contribution in [0.4, 0.5) is 10.6 Å². The average molecular weight is 398 g/mol. The molecule has 0 spiro atoms. The fourth-order valence-corrected chi connectivity index (χ4v) is 4.14. The normalized spacial score (nSPS) is 19.7. The second kappa shape index (κ2) is 8.55. The molecule has 7 nitrogen and oxygen atoms in total. The topological polar surface area (TPSA) is 71.4 Å². The summed E-state index contributed by atoms with van der Waals surface area (Å²) in [6, 6.07) is 10.3. The number of carbonyl (C=O) groups is 1. The van der Waals surface area contributed by atoms with Crippen molar-refractivity contribution in [3.05, 3.63) is 47.7 Å². The summed E-state index contributed by atoms with van der Waals surface area (Å²) in [5.74, 6) is 1.18. The highest BCUT2D eigenvalue weighted by atomic mass is 16.5. The lowest BCUT2D eigenvalue weighted by Crippen LogP contribution is -2.53. The summed E-state index contributed by atoms with van der Waals surface area (Å²) in [5, 5.41) is 10.3. The molecule has 1 saturated heterocycles. The second-order valence-electron chi connectivity index (χ2n) is 8.69. The molecule has 3 heterocycles. The van der Waals surface area contributed by atoms with Gasteiger partial charge >= 0.3 is 6.03 Å². The van der Waals surface area contributed by atoms with Gasteiger partial charge in [-0.2, -0.15) is 5.10 Å². The van der Waals surface area contributed by atoms with Crippen LogP contribution in [0.3, 0.4) is 0 Å². The van der Waals surface area contributed by atoms with Crippen LogP contribution < -0.4 is 10.6 Å². The number of urea groups is 1. The molecular formula is C22H31N5O2. The fourth-order valence-electron chi connectivity index (χ4n) is 4.14. The van der Waals surface area contributed by atoms with Gasteiger partial charge in [-0.25, -0.2) is 9.48 Å². The summed E-state index contributed by atoms with van der Waals surface area (Å²) in [4.78, 5) is 15.0. The predicted molar refractivity (Wildman–Crippen MR) is 113 cm³/mol. The number of carbonyl (C=O) groups excluding carboxylic acids is 1. The maximum absolute atomic E-state index is 12.5. The molecule has 1 unspecified atom stereocenters. The highest BCUT2D eigenvalue weighted by molar-refractivity contribution is 5.88. The number of anilines is 1. The van der Waals surface area contributed by atoms with Gasteiger partial charge in [0.2, 0.25) is 0 Å². The second-order valence-corrected chi connectivity index (χ2v) is 8.69. The summed E-state index contributed by atoms with van der Waals surface area (Å²) in [7, 11) is 0. The molecule has 1 fully saturated rings. The first kappa shape index (κ1) is 19.9. The molecule has 0 radical (unpaired) electrons. The number of fused-ring (bicyclic) bond motifs is 1. The zero-order valence-corrected chi connectivity index (χ0v) is 17.4. The average Bonchev–Trinajstić information content (AvgIpc) is 3.39. The van der Waals surface area contributed by atoms with E-state index in [1.165, 1.54) is 11.1 Å². The number of aromatic nitrogens is 2. The van der Waals surface area contributed by atoms with Gasteiger partial charge in [0.25, 0.3) is 0 Å². The Balaban J connectivity index is 1.30. The Hall–Kier alpha value is -2.38. The van der Waals surface area contributed by atoms with E-state index < -0.39 is 0 Å². The van der Waals surface area contributed by atoms with Crippen molar-refractivity contribution in [1.29, 1.82) is 0 Å². The molecule has 1 aromatic heterocycles. The van der Waals surface area contributed by atoms with Crippen molar-refractivity contribution in [3.63, 3.8) is 0 Å². The number of nitrogens with one attached hydrogen (secondary N) is 2. The van der Waals surface area contributed by atoms with Gasteiger partial charge in [-0.1, -0.05) is 24.3 Å². The smallest absolute Gasteiger partial charge is 0.320 e. The van der Waals surface area contributed by atoms with Crippen LogP contribution in [0.2, 0.25) is 0 Å². The molecule has 0 aliphatic carbocycles. The summed E-state index contributed by atoms with van der Waals surface area (Å²) in [5.41, 5.74) is 2.69. The van der Waals surface area contributed by atoms with Crippen LogP contribution in [-0.2, 0) is 24.2 Å². The highest BCUT2D eigenvalue weighted by Crippen LogP contribution is 2.25. The van der Waals surface area contributed by atoms with Crippen LogP contribution >= 0.6 is 0 Å². The van der Waals surface area contributed by atoms with Crippen molar-refractivity contribution in [1.82, 2.24) is 20.0 Å². The van der Waals surface area contributed by atoms with Crippen molar-refractivity contribution >= 4 is 11.8 Å². The molecule has 2 N–H and O–H groups in total. The molecule has 2 amide bonds. The monoisotopic (exact) mass is 397 g/mol. The first-order valence-electron chi connectivity index (χ1n) is 10.5. The van der Waals surface area contributed by atoms with Crippen LogP contribution in [0.1, 0.15) is 31.4 Å². The van der Waals surface area contributed by atoms with E-state index in [2.05, 4.69) is 58.7 Å². The molecule has 156 valence electrons. The van der Waals surface area contributed by atoms with E-state index >= 15 is 0 Å². The van der Waals surface area contributed by atoms with E-state index in [-0.39, 0.29) is 11.6 Å². The van der Waals surface area contributed by atoms with E-state index in [0.29, 0.717) is 12.5 Å². The lowest BCUT2D eigenvalue weighted by atomic mass is 9.94. The van der Waals surface area contributed by atoms with Crippen LogP contribution in [-0.4, -0.2) is 52.6 Å². The third kappa shape index (κ3) is 4.79. The molecule has 0 bridgehead atoms. The zero-order chi connectivity index (χ0) is 20.3. The minimum absolute atomic E-state index is 0.133. The van der Waals surface area contributed by atoms with Crippen molar-refractivity contribution in [2.24, 2.45) is 5.92 Å².